The van der Waals surface area contributed by atoms with E-state index in [2.05, 4.69) is 53.1 Å². The number of rotatable bonds is 21. The first-order chi connectivity index (χ1) is 20.1. The average Bonchev–Trinajstić information content (AvgIpc) is 2.99. The van der Waals surface area contributed by atoms with Crippen LogP contribution in [0.1, 0.15) is 81.4 Å². The van der Waals surface area contributed by atoms with Gasteiger partial charge in [0.15, 0.2) is 0 Å². The Kier molecular flexibility index (Phi) is 15.9. The van der Waals surface area contributed by atoms with Crippen LogP contribution in [0.2, 0.25) is 0 Å². The van der Waals surface area contributed by atoms with Gasteiger partial charge in [-0.15, -0.1) is 0 Å². The largest absolute Gasteiger partial charge is 0.488 e. The SMILES string of the molecule is CCCCCCCN(CCCCCCN(Cc1ccccc1)Cc1ccccc1[B]O)Cc1ccccc1B(O)O. The first-order valence-corrected chi connectivity index (χ1v) is 15.6. The molecule has 0 fully saturated rings. The molecule has 0 saturated heterocycles. The van der Waals surface area contributed by atoms with Crippen LogP contribution in [0.15, 0.2) is 78.9 Å². The fourth-order valence-electron chi connectivity index (χ4n) is 5.50. The topological polar surface area (TPSA) is 67.2 Å². The summed E-state index contributed by atoms with van der Waals surface area (Å²) in [4.78, 5) is 4.98. The molecule has 0 spiro atoms. The van der Waals surface area contributed by atoms with Gasteiger partial charge in [-0.1, -0.05) is 124 Å². The normalized spacial score (nSPS) is 11.4. The molecule has 41 heavy (non-hydrogen) atoms. The van der Waals surface area contributed by atoms with Crippen molar-refractivity contribution in [3.63, 3.8) is 0 Å². The van der Waals surface area contributed by atoms with Crippen LogP contribution < -0.4 is 10.9 Å². The molecule has 3 aromatic carbocycles. The monoisotopic (exact) mass is 555 g/mol. The van der Waals surface area contributed by atoms with Gasteiger partial charge >= 0.3 is 14.6 Å². The van der Waals surface area contributed by atoms with Crippen molar-refractivity contribution < 1.29 is 15.1 Å². The van der Waals surface area contributed by atoms with E-state index in [0.29, 0.717) is 5.46 Å². The van der Waals surface area contributed by atoms with Gasteiger partial charge in [0.1, 0.15) is 0 Å². The zero-order chi connectivity index (χ0) is 29.1. The molecular weight excluding hydrogens is 506 g/mol. The summed E-state index contributed by atoms with van der Waals surface area (Å²) in [6.45, 7) is 7.79. The maximum atomic E-state index is 9.84. The van der Waals surface area contributed by atoms with E-state index in [1.165, 1.54) is 58.0 Å². The molecule has 5 nitrogen and oxygen atoms in total. The van der Waals surface area contributed by atoms with Crippen molar-refractivity contribution in [3.8, 4) is 0 Å². The second-order valence-electron chi connectivity index (χ2n) is 11.2. The molecule has 0 aliphatic heterocycles. The fraction of sp³-hybridized carbons (Fsp3) is 0.471. The van der Waals surface area contributed by atoms with Gasteiger partial charge in [-0.3, -0.25) is 9.80 Å². The van der Waals surface area contributed by atoms with Gasteiger partial charge in [0.2, 0.25) is 0 Å². The van der Waals surface area contributed by atoms with E-state index >= 15 is 0 Å². The van der Waals surface area contributed by atoms with Crippen LogP contribution in [0.3, 0.4) is 0 Å². The maximum absolute atomic E-state index is 9.84. The highest BCUT2D eigenvalue weighted by molar-refractivity contribution is 6.59. The van der Waals surface area contributed by atoms with Gasteiger partial charge in [-0.2, -0.15) is 0 Å². The average molecular weight is 555 g/mol. The van der Waals surface area contributed by atoms with Crippen LogP contribution in [0.25, 0.3) is 0 Å². The van der Waals surface area contributed by atoms with E-state index in [9.17, 15) is 15.1 Å². The first-order valence-electron chi connectivity index (χ1n) is 15.6. The highest BCUT2D eigenvalue weighted by Crippen LogP contribution is 2.13. The lowest BCUT2D eigenvalue weighted by Gasteiger charge is -2.25. The minimum atomic E-state index is -1.43. The second kappa shape index (κ2) is 19.7. The molecule has 3 N–H and O–H groups in total. The number of hydrogen-bond acceptors (Lipinski definition) is 5. The van der Waals surface area contributed by atoms with Crippen LogP contribution in [-0.2, 0) is 19.6 Å². The van der Waals surface area contributed by atoms with E-state index in [4.69, 9.17) is 0 Å². The van der Waals surface area contributed by atoms with E-state index in [-0.39, 0.29) is 0 Å². The molecule has 0 heterocycles. The lowest BCUT2D eigenvalue weighted by molar-refractivity contribution is 0.241. The standard InChI is InChI=1S/C34H49B2N2O3/c1-2-3-4-5-15-24-37(29-32-21-12-14-23-34(32)36(40)41)25-16-6-7-17-26-38(27-30-18-9-8-10-19-30)28-31-20-11-13-22-33(31)35-39/h8-14,18-23,39-41H,2-7,15-17,24-29H2,1H3. The van der Waals surface area contributed by atoms with Crippen LogP contribution >= 0.6 is 0 Å². The predicted molar refractivity (Wildman–Crippen MR) is 173 cm³/mol. The zero-order valence-electron chi connectivity index (χ0n) is 25.0. The van der Waals surface area contributed by atoms with Crippen LogP contribution in [0, 0.1) is 0 Å². The minimum Gasteiger partial charge on any atom is -0.450 e. The fourth-order valence-corrected chi connectivity index (χ4v) is 5.50. The third-order valence-corrected chi connectivity index (χ3v) is 7.84. The molecule has 0 aliphatic rings. The Hall–Kier alpha value is -2.41. The summed E-state index contributed by atoms with van der Waals surface area (Å²) < 4.78 is 0. The number of nitrogens with zero attached hydrogens (tertiary/aromatic N) is 2. The first kappa shape index (κ1) is 33.1. The van der Waals surface area contributed by atoms with Crippen molar-refractivity contribution in [1.82, 2.24) is 9.80 Å². The van der Waals surface area contributed by atoms with Crippen molar-refractivity contribution >= 4 is 25.5 Å². The summed E-state index contributed by atoms with van der Waals surface area (Å²) in [6.07, 6.45) is 10.9. The number of benzene rings is 3. The molecule has 0 aromatic heterocycles. The van der Waals surface area contributed by atoms with Gasteiger partial charge in [0.25, 0.3) is 0 Å². The van der Waals surface area contributed by atoms with E-state index in [0.717, 1.165) is 68.7 Å². The van der Waals surface area contributed by atoms with Gasteiger partial charge in [-0.25, -0.2) is 0 Å². The predicted octanol–water partition coefficient (Wildman–Crippen LogP) is 4.64. The van der Waals surface area contributed by atoms with Crippen LogP contribution in [-0.4, -0.2) is 59.1 Å². The van der Waals surface area contributed by atoms with E-state index in [1.807, 2.05) is 42.5 Å². The molecule has 0 saturated carbocycles. The molecule has 3 rings (SSSR count). The Labute approximate surface area is 249 Å². The lowest BCUT2D eigenvalue weighted by Crippen LogP contribution is -2.36. The van der Waals surface area contributed by atoms with Crippen molar-refractivity contribution in [2.75, 3.05) is 19.6 Å². The lowest BCUT2D eigenvalue weighted by atomic mass is 9.77. The van der Waals surface area contributed by atoms with Crippen LogP contribution in [0.4, 0.5) is 0 Å². The third kappa shape index (κ3) is 12.6. The summed E-state index contributed by atoms with van der Waals surface area (Å²) in [5, 5.41) is 29.4. The summed E-state index contributed by atoms with van der Waals surface area (Å²) in [7, 11) is -0.218. The number of unbranched alkanes of at least 4 members (excludes halogenated alkanes) is 7. The third-order valence-electron chi connectivity index (χ3n) is 7.84. The highest BCUT2D eigenvalue weighted by atomic mass is 16.4. The summed E-state index contributed by atoms with van der Waals surface area (Å²) >= 11 is 0. The molecule has 0 amide bonds. The van der Waals surface area contributed by atoms with Crippen molar-refractivity contribution in [2.24, 2.45) is 0 Å². The van der Waals surface area contributed by atoms with Crippen LogP contribution in [0.5, 0.6) is 0 Å². The van der Waals surface area contributed by atoms with Gasteiger partial charge in [0.05, 0.1) is 0 Å². The summed E-state index contributed by atoms with van der Waals surface area (Å²) in [5.74, 6) is 0. The zero-order valence-corrected chi connectivity index (χ0v) is 25.0. The molecule has 3 aromatic rings. The van der Waals surface area contributed by atoms with Gasteiger partial charge in [-0.05, 0) is 66.5 Å². The van der Waals surface area contributed by atoms with Crippen molar-refractivity contribution in [3.05, 3.63) is 95.6 Å². The smallest absolute Gasteiger partial charge is 0.450 e. The van der Waals surface area contributed by atoms with E-state index in [1.54, 1.807) is 0 Å². The van der Waals surface area contributed by atoms with Gasteiger partial charge in [0, 0.05) is 19.6 Å². The Morgan fingerprint density at radius 3 is 1.76 bits per heavy atom. The molecule has 219 valence electrons. The van der Waals surface area contributed by atoms with Gasteiger partial charge < -0.3 is 15.1 Å². The molecule has 0 aliphatic carbocycles. The maximum Gasteiger partial charge on any atom is 0.488 e. The molecule has 0 atom stereocenters. The molecule has 0 bridgehead atoms. The Morgan fingerprint density at radius 1 is 0.585 bits per heavy atom. The molecule has 0 unspecified atom stereocenters. The Bertz CT molecular complexity index is 1100. The molecule has 1 radical (unpaired) electrons. The van der Waals surface area contributed by atoms with E-state index < -0.39 is 7.12 Å². The number of hydrogen-bond donors (Lipinski definition) is 3. The summed E-state index contributed by atoms with van der Waals surface area (Å²) in [5.41, 5.74) is 4.96. The van der Waals surface area contributed by atoms with Crippen molar-refractivity contribution in [1.29, 1.82) is 0 Å². The Morgan fingerprint density at radius 2 is 1.12 bits per heavy atom. The highest BCUT2D eigenvalue weighted by Gasteiger charge is 2.17. The second-order valence-corrected chi connectivity index (χ2v) is 11.2. The molecular formula is C34H49B2N2O3. The minimum absolute atomic E-state index is 0.613. The van der Waals surface area contributed by atoms with Crippen molar-refractivity contribution in [2.45, 2.75) is 84.3 Å². The Balaban J connectivity index is 1.50. The molecule has 7 heteroatoms. The summed E-state index contributed by atoms with van der Waals surface area (Å²) in [6, 6.07) is 26.4. The quantitative estimate of drug-likeness (QED) is 0.132.